The van der Waals surface area contributed by atoms with Gasteiger partial charge in [-0.2, -0.15) is 0 Å². The maximum absolute atomic E-state index is 12.1. The first-order valence-electron chi connectivity index (χ1n) is 6.89. The van der Waals surface area contributed by atoms with Gasteiger partial charge in [-0.05, 0) is 59.7 Å². The van der Waals surface area contributed by atoms with Crippen molar-refractivity contribution in [3.63, 3.8) is 0 Å². The summed E-state index contributed by atoms with van der Waals surface area (Å²) < 4.78 is 0. The Bertz CT molecular complexity index is 812. The van der Waals surface area contributed by atoms with E-state index in [0.29, 0.717) is 26.7 Å². The molecule has 0 heterocycles. The van der Waals surface area contributed by atoms with Crippen LogP contribution < -0.4 is 5.48 Å². The van der Waals surface area contributed by atoms with Crippen LogP contribution in [0.1, 0.15) is 21.5 Å². The largest absolute Gasteiger partial charge is 0.289 e. The third-order valence-corrected chi connectivity index (χ3v) is 3.68. The van der Waals surface area contributed by atoms with Gasteiger partial charge in [0.2, 0.25) is 0 Å². The minimum Gasteiger partial charge on any atom is -0.289 e. The van der Waals surface area contributed by atoms with Crippen molar-refractivity contribution in [2.24, 2.45) is 0 Å². The molecule has 4 nitrogen and oxygen atoms in total. The number of halogens is 2. The average molecular weight is 362 g/mol. The summed E-state index contributed by atoms with van der Waals surface area (Å²) in [6, 6.07) is 11.7. The Kier molecular flexibility index (Phi) is 6.32. The molecule has 0 saturated heterocycles. The number of hydrogen-bond donors (Lipinski definition) is 2. The van der Waals surface area contributed by atoms with Gasteiger partial charge < -0.3 is 0 Å². The molecule has 0 saturated carbocycles. The Hall–Kier alpha value is -2.40. The minimum absolute atomic E-state index is 0.161. The van der Waals surface area contributed by atoms with Crippen LogP contribution in [0, 0.1) is 0 Å². The molecule has 6 heteroatoms. The first kappa shape index (κ1) is 17.9. The Morgan fingerprint density at radius 1 is 0.958 bits per heavy atom. The monoisotopic (exact) mass is 361 g/mol. The van der Waals surface area contributed by atoms with Gasteiger partial charge in [0.1, 0.15) is 0 Å². The standard InChI is InChI=1S/C18H13Cl2NO3/c19-15-7-4-14(5-8-15)17(22)9-6-13-3-1-12(11-16(13)20)2-10-18(23)21-24/h1-11,24H,(H,21,23)/b9-6+,10-2+. The van der Waals surface area contributed by atoms with Crippen LogP contribution in [0.4, 0.5) is 0 Å². The number of hydrogen-bond acceptors (Lipinski definition) is 3. The fourth-order valence-corrected chi connectivity index (χ4v) is 2.25. The van der Waals surface area contributed by atoms with Gasteiger partial charge in [0.15, 0.2) is 5.78 Å². The smallest absolute Gasteiger partial charge is 0.267 e. The lowest BCUT2D eigenvalue weighted by Gasteiger charge is -2.01. The molecule has 0 aromatic heterocycles. The first-order valence-corrected chi connectivity index (χ1v) is 7.65. The van der Waals surface area contributed by atoms with Crippen LogP contribution in [0.15, 0.2) is 54.6 Å². The summed E-state index contributed by atoms with van der Waals surface area (Å²) in [6.07, 6.45) is 5.72. The van der Waals surface area contributed by atoms with Crippen molar-refractivity contribution in [1.82, 2.24) is 5.48 Å². The number of hydroxylamine groups is 1. The van der Waals surface area contributed by atoms with Crippen molar-refractivity contribution in [3.05, 3.63) is 81.4 Å². The molecule has 0 aliphatic heterocycles. The highest BCUT2D eigenvalue weighted by atomic mass is 35.5. The van der Waals surface area contributed by atoms with E-state index >= 15 is 0 Å². The zero-order valence-corrected chi connectivity index (χ0v) is 13.9. The lowest BCUT2D eigenvalue weighted by atomic mass is 10.1. The molecule has 2 N–H and O–H groups in total. The molecule has 0 spiro atoms. The molecule has 1 amide bonds. The second-order valence-electron chi connectivity index (χ2n) is 4.79. The second-order valence-corrected chi connectivity index (χ2v) is 5.64. The molecule has 0 unspecified atom stereocenters. The van der Waals surface area contributed by atoms with Crippen molar-refractivity contribution < 1.29 is 14.8 Å². The van der Waals surface area contributed by atoms with Crippen LogP contribution in [-0.2, 0) is 4.79 Å². The Labute approximate surface area is 149 Å². The Balaban J connectivity index is 2.12. The van der Waals surface area contributed by atoms with E-state index in [0.717, 1.165) is 0 Å². The number of benzene rings is 2. The van der Waals surface area contributed by atoms with Crippen molar-refractivity contribution in [2.75, 3.05) is 0 Å². The van der Waals surface area contributed by atoms with Crippen molar-refractivity contribution in [1.29, 1.82) is 0 Å². The molecule has 0 bridgehead atoms. The topological polar surface area (TPSA) is 66.4 Å². The molecule has 0 radical (unpaired) electrons. The fourth-order valence-electron chi connectivity index (χ4n) is 1.87. The second kappa shape index (κ2) is 8.45. The molecule has 122 valence electrons. The van der Waals surface area contributed by atoms with Crippen LogP contribution in [0.25, 0.3) is 12.2 Å². The van der Waals surface area contributed by atoms with E-state index in [9.17, 15) is 9.59 Å². The fraction of sp³-hybridized carbons (Fsp3) is 0. The summed E-state index contributed by atoms with van der Waals surface area (Å²) in [5, 5.41) is 9.42. The normalized spacial score (nSPS) is 11.1. The minimum atomic E-state index is -0.636. The molecule has 2 aromatic rings. The van der Waals surface area contributed by atoms with Gasteiger partial charge in [0.05, 0.1) is 0 Å². The van der Waals surface area contributed by atoms with Gasteiger partial charge in [0.25, 0.3) is 5.91 Å². The zero-order chi connectivity index (χ0) is 17.5. The van der Waals surface area contributed by atoms with Crippen LogP contribution in [0.5, 0.6) is 0 Å². The number of carbonyl (C=O) groups excluding carboxylic acids is 2. The van der Waals surface area contributed by atoms with E-state index in [-0.39, 0.29) is 5.78 Å². The van der Waals surface area contributed by atoms with Gasteiger partial charge >= 0.3 is 0 Å². The molecule has 24 heavy (non-hydrogen) atoms. The van der Waals surface area contributed by atoms with Gasteiger partial charge in [-0.25, -0.2) is 5.48 Å². The van der Waals surface area contributed by atoms with Crippen LogP contribution in [0.2, 0.25) is 10.0 Å². The van der Waals surface area contributed by atoms with Crippen LogP contribution >= 0.6 is 23.2 Å². The number of allylic oxidation sites excluding steroid dienone is 1. The Morgan fingerprint density at radius 2 is 1.67 bits per heavy atom. The first-order chi connectivity index (χ1) is 11.5. The molecule has 0 aliphatic carbocycles. The third kappa shape index (κ3) is 5.06. The van der Waals surface area contributed by atoms with E-state index in [4.69, 9.17) is 28.4 Å². The summed E-state index contributed by atoms with van der Waals surface area (Å²) >= 11 is 12.0. The lowest BCUT2D eigenvalue weighted by Crippen LogP contribution is -2.14. The van der Waals surface area contributed by atoms with E-state index in [2.05, 4.69) is 0 Å². The average Bonchev–Trinajstić information content (AvgIpc) is 2.59. The highest BCUT2D eigenvalue weighted by molar-refractivity contribution is 6.32. The van der Waals surface area contributed by atoms with E-state index in [1.807, 2.05) is 0 Å². The number of amides is 1. The number of carbonyl (C=O) groups is 2. The molecule has 0 aliphatic rings. The summed E-state index contributed by atoms with van der Waals surface area (Å²) in [6.45, 7) is 0. The molecular weight excluding hydrogens is 349 g/mol. The van der Waals surface area contributed by atoms with E-state index in [1.165, 1.54) is 23.7 Å². The summed E-state index contributed by atoms with van der Waals surface area (Å²) in [5.74, 6) is -0.796. The molecule has 2 rings (SSSR count). The van der Waals surface area contributed by atoms with E-state index in [1.54, 1.807) is 48.5 Å². The van der Waals surface area contributed by atoms with Crippen molar-refractivity contribution in [2.45, 2.75) is 0 Å². The maximum Gasteiger partial charge on any atom is 0.267 e. The van der Waals surface area contributed by atoms with Crippen molar-refractivity contribution in [3.8, 4) is 0 Å². The number of rotatable bonds is 5. The summed E-state index contributed by atoms with van der Waals surface area (Å²) in [4.78, 5) is 23.0. The predicted molar refractivity (Wildman–Crippen MR) is 95.2 cm³/mol. The van der Waals surface area contributed by atoms with Gasteiger partial charge in [-0.15, -0.1) is 0 Å². The predicted octanol–water partition coefficient (Wildman–Crippen LogP) is 4.41. The van der Waals surface area contributed by atoms with Gasteiger partial charge in [-0.1, -0.05) is 35.3 Å². The highest BCUT2D eigenvalue weighted by Gasteiger charge is 2.03. The van der Waals surface area contributed by atoms with Crippen LogP contribution in [0.3, 0.4) is 0 Å². The van der Waals surface area contributed by atoms with Crippen molar-refractivity contribution >= 4 is 47.0 Å². The van der Waals surface area contributed by atoms with E-state index < -0.39 is 5.91 Å². The van der Waals surface area contributed by atoms with Gasteiger partial charge in [-0.3, -0.25) is 14.8 Å². The van der Waals surface area contributed by atoms with Crippen LogP contribution in [-0.4, -0.2) is 16.9 Å². The third-order valence-electron chi connectivity index (χ3n) is 3.10. The zero-order valence-electron chi connectivity index (χ0n) is 12.4. The Morgan fingerprint density at radius 3 is 2.29 bits per heavy atom. The SMILES string of the molecule is O=C(/C=C/c1ccc(/C=C/C(=O)c2ccc(Cl)cc2)c(Cl)c1)NO. The molecule has 2 aromatic carbocycles. The number of nitrogens with one attached hydrogen (secondary N) is 1. The summed E-state index contributed by atoms with van der Waals surface area (Å²) in [7, 11) is 0. The molecule has 0 atom stereocenters. The molecular formula is C18H13Cl2NO3. The molecule has 0 fully saturated rings. The highest BCUT2D eigenvalue weighted by Crippen LogP contribution is 2.20. The maximum atomic E-state index is 12.1. The van der Waals surface area contributed by atoms with Gasteiger partial charge in [0, 0.05) is 21.7 Å². The number of ketones is 1. The lowest BCUT2D eigenvalue weighted by molar-refractivity contribution is -0.124. The summed E-state index contributed by atoms with van der Waals surface area (Å²) in [5.41, 5.74) is 3.38. The quantitative estimate of drug-likeness (QED) is 0.358.